The van der Waals surface area contributed by atoms with Gasteiger partial charge in [0.1, 0.15) is 0 Å². The fourth-order valence-corrected chi connectivity index (χ4v) is 1.47. The molecule has 0 saturated carbocycles. The zero-order valence-corrected chi connectivity index (χ0v) is 7.73. The maximum atomic E-state index is 9.37. The normalized spacial score (nSPS) is 13.5. The van der Waals surface area contributed by atoms with Crippen LogP contribution >= 0.6 is 11.6 Å². The molecule has 13 heavy (non-hydrogen) atoms. The number of nitrogens with zero attached hydrogens (tertiary/aromatic N) is 3. The Kier molecular flexibility index (Phi) is 1.94. The van der Waals surface area contributed by atoms with Crippen molar-refractivity contribution in [3.8, 4) is 0 Å². The third-order valence-electron chi connectivity index (χ3n) is 1.83. The van der Waals surface area contributed by atoms with Gasteiger partial charge in [0.05, 0.1) is 23.5 Å². The Labute approximate surface area is 79.8 Å². The lowest BCUT2D eigenvalue weighted by Crippen LogP contribution is -1.92. The Hall–Kier alpha value is -1.13. The van der Waals surface area contributed by atoms with Crippen molar-refractivity contribution in [1.82, 2.24) is 14.4 Å². The maximum absolute atomic E-state index is 9.37. The highest BCUT2D eigenvalue weighted by molar-refractivity contribution is 6.28. The van der Waals surface area contributed by atoms with Gasteiger partial charge < -0.3 is 5.11 Å². The summed E-state index contributed by atoms with van der Waals surface area (Å²) in [5, 5.41) is 9.71. The summed E-state index contributed by atoms with van der Waals surface area (Å²) in [5.41, 5.74) is 1.29. The van der Waals surface area contributed by atoms with Crippen molar-refractivity contribution < 1.29 is 5.11 Å². The summed E-state index contributed by atoms with van der Waals surface area (Å²) in [7, 11) is 0. The SMILES string of the molecule is CC(O)c1nc(Cl)n2ccncc12. The summed E-state index contributed by atoms with van der Waals surface area (Å²) in [6.07, 6.45) is 4.32. The summed E-state index contributed by atoms with van der Waals surface area (Å²) < 4.78 is 1.68. The molecule has 0 aliphatic carbocycles. The highest BCUT2D eigenvalue weighted by atomic mass is 35.5. The van der Waals surface area contributed by atoms with E-state index < -0.39 is 6.10 Å². The van der Waals surface area contributed by atoms with E-state index in [4.69, 9.17) is 11.6 Å². The third kappa shape index (κ3) is 1.28. The molecular weight excluding hydrogens is 190 g/mol. The molecule has 0 aliphatic rings. The lowest BCUT2D eigenvalue weighted by Gasteiger charge is -1.98. The molecule has 0 fully saturated rings. The van der Waals surface area contributed by atoms with Crippen LogP contribution in [0, 0.1) is 0 Å². The van der Waals surface area contributed by atoms with E-state index in [0.29, 0.717) is 11.0 Å². The summed E-state index contributed by atoms with van der Waals surface area (Å²) in [6.45, 7) is 1.64. The molecule has 5 heteroatoms. The molecule has 2 rings (SSSR count). The van der Waals surface area contributed by atoms with E-state index in [1.165, 1.54) is 0 Å². The largest absolute Gasteiger partial charge is 0.387 e. The van der Waals surface area contributed by atoms with Gasteiger partial charge in [-0.3, -0.25) is 9.38 Å². The number of hydrogen-bond acceptors (Lipinski definition) is 3. The molecular formula is C8H8ClN3O. The summed E-state index contributed by atoms with van der Waals surface area (Å²) in [6, 6.07) is 0. The van der Waals surface area contributed by atoms with Gasteiger partial charge >= 0.3 is 0 Å². The van der Waals surface area contributed by atoms with Crippen LogP contribution in [0.4, 0.5) is 0 Å². The molecule has 2 heterocycles. The van der Waals surface area contributed by atoms with Crippen molar-refractivity contribution in [3.05, 3.63) is 29.6 Å². The predicted molar refractivity (Wildman–Crippen MR) is 48.6 cm³/mol. The second kappa shape index (κ2) is 2.97. The van der Waals surface area contributed by atoms with Gasteiger partial charge in [0.2, 0.25) is 5.28 Å². The van der Waals surface area contributed by atoms with Gasteiger partial charge in [0.25, 0.3) is 0 Å². The predicted octanol–water partition coefficient (Wildman–Crippen LogP) is 1.44. The van der Waals surface area contributed by atoms with Gasteiger partial charge in [-0.2, -0.15) is 0 Å². The van der Waals surface area contributed by atoms with E-state index in [9.17, 15) is 5.11 Å². The Morgan fingerprint density at radius 3 is 3.08 bits per heavy atom. The van der Waals surface area contributed by atoms with Gasteiger partial charge in [-0.05, 0) is 18.5 Å². The fourth-order valence-electron chi connectivity index (χ4n) is 1.23. The minimum absolute atomic E-state index is 0.341. The molecule has 68 valence electrons. The van der Waals surface area contributed by atoms with Crippen LogP contribution in [0.2, 0.25) is 5.28 Å². The Balaban J connectivity index is 2.78. The number of rotatable bonds is 1. The number of imidazole rings is 1. The smallest absolute Gasteiger partial charge is 0.207 e. The number of aliphatic hydroxyl groups is 1. The monoisotopic (exact) mass is 197 g/mol. The van der Waals surface area contributed by atoms with E-state index >= 15 is 0 Å². The molecule has 0 spiro atoms. The number of aromatic nitrogens is 3. The second-order valence-electron chi connectivity index (χ2n) is 2.77. The minimum atomic E-state index is -0.633. The van der Waals surface area contributed by atoms with Crippen molar-refractivity contribution in [1.29, 1.82) is 0 Å². The molecule has 0 bridgehead atoms. The van der Waals surface area contributed by atoms with Crippen LogP contribution in [0.5, 0.6) is 0 Å². The molecule has 0 amide bonds. The molecule has 1 atom stereocenters. The van der Waals surface area contributed by atoms with Crippen LogP contribution in [0.15, 0.2) is 18.6 Å². The van der Waals surface area contributed by atoms with Gasteiger partial charge in [0, 0.05) is 12.4 Å². The van der Waals surface area contributed by atoms with E-state index in [1.807, 2.05) is 0 Å². The Morgan fingerprint density at radius 2 is 2.38 bits per heavy atom. The topological polar surface area (TPSA) is 50.4 Å². The van der Waals surface area contributed by atoms with Gasteiger partial charge in [-0.1, -0.05) is 0 Å². The molecule has 1 unspecified atom stereocenters. The average Bonchev–Trinajstić information content (AvgIpc) is 2.45. The molecule has 2 aromatic heterocycles. The third-order valence-corrected chi connectivity index (χ3v) is 2.09. The quantitative estimate of drug-likeness (QED) is 0.753. The molecule has 2 aromatic rings. The highest BCUT2D eigenvalue weighted by Crippen LogP contribution is 2.20. The highest BCUT2D eigenvalue weighted by Gasteiger charge is 2.12. The van der Waals surface area contributed by atoms with Crippen LogP contribution in [-0.2, 0) is 0 Å². The lowest BCUT2D eigenvalue weighted by atomic mass is 10.3. The Morgan fingerprint density at radius 1 is 1.62 bits per heavy atom. The van der Waals surface area contributed by atoms with E-state index in [1.54, 1.807) is 29.9 Å². The number of aliphatic hydroxyl groups excluding tert-OH is 1. The van der Waals surface area contributed by atoms with Crippen LogP contribution in [0.3, 0.4) is 0 Å². The van der Waals surface area contributed by atoms with Crippen molar-refractivity contribution in [3.63, 3.8) is 0 Å². The molecule has 4 nitrogen and oxygen atoms in total. The first kappa shape index (κ1) is 8.47. The zero-order valence-electron chi connectivity index (χ0n) is 6.98. The molecule has 0 aliphatic heterocycles. The minimum Gasteiger partial charge on any atom is -0.387 e. The number of fused-ring (bicyclic) bond motifs is 1. The first-order valence-electron chi connectivity index (χ1n) is 3.85. The fraction of sp³-hybridized carbons (Fsp3) is 0.250. The molecule has 0 saturated heterocycles. The van der Waals surface area contributed by atoms with Crippen LogP contribution in [-0.4, -0.2) is 19.5 Å². The molecule has 0 aromatic carbocycles. The first-order chi connectivity index (χ1) is 6.20. The van der Waals surface area contributed by atoms with Crippen LogP contribution in [0.1, 0.15) is 18.7 Å². The number of halogens is 1. The first-order valence-corrected chi connectivity index (χ1v) is 4.23. The van der Waals surface area contributed by atoms with E-state index in [0.717, 1.165) is 5.52 Å². The summed E-state index contributed by atoms with van der Waals surface area (Å²) in [5.74, 6) is 0. The van der Waals surface area contributed by atoms with E-state index in [-0.39, 0.29) is 0 Å². The van der Waals surface area contributed by atoms with Gasteiger partial charge in [0.15, 0.2) is 0 Å². The van der Waals surface area contributed by atoms with E-state index in [2.05, 4.69) is 9.97 Å². The maximum Gasteiger partial charge on any atom is 0.207 e. The van der Waals surface area contributed by atoms with Gasteiger partial charge in [-0.15, -0.1) is 0 Å². The lowest BCUT2D eigenvalue weighted by molar-refractivity contribution is 0.196. The standard InChI is InChI=1S/C8H8ClN3O/c1-5(13)7-6-4-10-2-3-12(6)8(9)11-7/h2-5,13H,1H3. The van der Waals surface area contributed by atoms with Gasteiger partial charge in [-0.25, -0.2) is 4.98 Å². The molecule has 0 radical (unpaired) electrons. The molecule has 1 N–H and O–H groups in total. The Bertz CT molecular complexity index is 438. The summed E-state index contributed by atoms with van der Waals surface area (Å²) >= 11 is 5.83. The van der Waals surface area contributed by atoms with Crippen molar-refractivity contribution >= 4 is 17.1 Å². The van der Waals surface area contributed by atoms with Crippen LogP contribution < -0.4 is 0 Å². The number of hydrogen-bond donors (Lipinski definition) is 1. The second-order valence-corrected chi connectivity index (χ2v) is 3.11. The summed E-state index contributed by atoms with van der Waals surface area (Å²) in [4.78, 5) is 7.97. The van der Waals surface area contributed by atoms with Crippen LogP contribution in [0.25, 0.3) is 5.52 Å². The zero-order chi connectivity index (χ0) is 9.42. The van der Waals surface area contributed by atoms with Crippen molar-refractivity contribution in [2.45, 2.75) is 13.0 Å². The van der Waals surface area contributed by atoms with Crippen molar-refractivity contribution in [2.75, 3.05) is 0 Å². The average molecular weight is 198 g/mol. The van der Waals surface area contributed by atoms with Crippen molar-refractivity contribution in [2.24, 2.45) is 0 Å².